The zero-order valence-corrected chi connectivity index (χ0v) is 30.4. The van der Waals surface area contributed by atoms with Crippen molar-refractivity contribution in [3.05, 3.63) is 212 Å². The molecular weight excluding hydrogens is 671 g/mol. The first-order chi connectivity index (χ1) is 26.7. The molecule has 254 valence electrons. The van der Waals surface area contributed by atoms with E-state index in [2.05, 4.69) is 217 Å². The van der Waals surface area contributed by atoms with Gasteiger partial charge in [-0.3, -0.25) is 0 Å². The van der Waals surface area contributed by atoms with Gasteiger partial charge >= 0.3 is 0 Å². The van der Waals surface area contributed by atoms with Crippen LogP contribution in [-0.4, -0.2) is 0 Å². The Balaban J connectivity index is 1.12. The molecule has 0 aliphatic rings. The van der Waals surface area contributed by atoms with Crippen molar-refractivity contribution < 1.29 is 0 Å². The number of thiophene rings is 1. The van der Waals surface area contributed by atoms with Crippen molar-refractivity contribution in [1.82, 2.24) is 0 Å². The van der Waals surface area contributed by atoms with Gasteiger partial charge in [0.15, 0.2) is 0 Å². The number of anilines is 3. The van der Waals surface area contributed by atoms with Crippen LogP contribution in [0.1, 0.15) is 0 Å². The highest BCUT2D eigenvalue weighted by molar-refractivity contribution is 7.25. The highest BCUT2D eigenvalue weighted by Gasteiger charge is 2.18. The highest BCUT2D eigenvalue weighted by atomic mass is 32.1. The molecule has 0 radical (unpaired) electrons. The lowest BCUT2D eigenvalue weighted by molar-refractivity contribution is 1.29. The summed E-state index contributed by atoms with van der Waals surface area (Å²) in [6.45, 7) is 0. The van der Waals surface area contributed by atoms with Crippen LogP contribution in [0.2, 0.25) is 0 Å². The van der Waals surface area contributed by atoms with Crippen molar-refractivity contribution in [2.75, 3.05) is 4.90 Å². The lowest BCUT2D eigenvalue weighted by Gasteiger charge is -2.27. The van der Waals surface area contributed by atoms with Crippen LogP contribution in [0.15, 0.2) is 212 Å². The molecule has 0 atom stereocenters. The Morgan fingerprint density at radius 1 is 0.278 bits per heavy atom. The first-order valence-corrected chi connectivity index (χ1v) is 19.2. The van der Waals surface area contributed by atoms with E-state index in [9.17, 15) is 0 Å². The Hall–Kier alpha value is -6.74. The average Bonchev–Trinajstić information content (AvgIpc) is 3.62. The molecule has 1 aromatic heterocycles. The van der Waals surface area contributed by atoms with Gasteiger partial charge < -0.3 is 4.90 Å². The molecule has 1 nitrogen and oxygen atoms in total. The van der Waals surface area contributed by atoms with Gasteiger partial charge in [0, 0.05) is 37.2 Å². The Morgan fingerprint density at radius 2 is 0.815 bits per heavy atom. The Morgan fingerprint density at radius 3 is 1.57 bits per heavy atom. The van der Waals surface area contributed by atoms with E-state index < -0.39 is 0 Å². The number of rotatable bonds is 7. The summed E-state index contributed by atoms with van der Waals surface area (Å²) in [6.07, 6.45) is 0. The third kappa shape index (κ3) is 5.93. The molecule has 10 rings (SSSR count). The minimum atomic E-state index is 1.10. The van der Waals surface area contributed by atoms with Crippen LogP contribution in [-0.2, 0) is 0 Å². The lowest BCUT2D eigenvalue weighted by atomic mass is 9.95. The Labute approximate surface area is 319 Å². The largest absolute Gasteiger partial charge is 0.310 e. The number of hydrogen-bond acceptors (Lipinski definition) is 2. The summed E-state index contributed by atoms with van der Waals surface area (Å²) >= 11 is 1.85. The van der Waals surface area contributed by atoms with Crippen molar-refractivity contribution in [2.24, 2.45) is 0 Å². The summed E-state index contributed by atoms with van der Waals surface area (Å²) in [5.41, 5.74) is 12.9. The van der Waals surface area contributed by atoms with Crippen molar-refractivity contribution in [1.29, 1.82) is 0 Å². The van der Waals surface area contributed by atoms with Crippen molar-refractivity contribution >= 4 is 59.3 Å². The van der Waals surface area contributed by atoms with Crippen LogP contribution in [0.25, 0.3) is 75.5 Å². The number of fused-ring (bicyclic) bond motifs is 4. The molecular formula is C52H35NS. The molecule has 0 spiro atoms. The number of hydrogen-bond donors (Lipinski definition) is 0. The van der Waals surface area contributed by atoms with E-state index in [-0.39, 0.29) is 0 Å². The van der Waals surface area contributed by atoms with Crippen LogP contribution in [0.5, 0.6) is 0 Å². The van der Waals surface area contributed by atoms with E-state index in [1.54, 1.807) is 0 Å². The maximum Gasteiger partial charge on any atom is 0.0473 e. The van der Waals surface area contributed by atoms with Crippen molar-refractivity contribution in [3.63, 3.8) is 0 Å². The first-order valence-electron chi connectivity index (χ1n) is 18.4. The monoisotopic (exact) mass is 705 g/mol. The van der Waals surface area contributed by atoms with Gasteiger partial charge in [0.05, 0.1) is 0 Å². The van der Waals surface area contributed by atoms with Gasteiger partial charge in [-0.1, -0.05) is 152 Å². The average molecular weight is 706 g/mol. The quantitative estimate of drug-likeness (QED) is 0.160. The van der Waals surface area contributed by atoms with Crippen LogP contribution >= 0.6 is 11.3 Å². The summed E-state index contributed by atoms with van der Waals surface area (Å²) in [5.74, 6) is 0. The fourth-order valence-electron chi connectivity index (χ4n) is 7.78. The first kappa shape index (κ1) is 32.0. The molecule has 10 aromatic rings. The molecule has 0 saturated heterocycles. The topological polar surface area (TPSA) is 3.24 Å². The van der Waals surface area contributed by atoms with Crippen LogP contribution < -0.4 is 4.90 Å². The fourth-order valence-corrected chi connectivity index (χ4v) is 8.87. The van der Waals surface area contributed by atoms with Crippen molar-refractivity contribution in [2.45, 2.75) is 0 Å². The predicted octanol–water partition coefficient (Wildman–Crippen LogP) is 15.3. The molecule has 0 fully saturated rings. The van der Waals surface area contributed by atoms with Crippen molar-refractivity contribution in [3.8, 4) is 44.5 Å². The Kier molecular flexibility index (Phi) is 8.09. The van der Waals surface area contributed by atoms with Gasteiger partial charge in [0.1, 0.15) is 0 Å². The maximum atomic E-state index is 2.42. The lowest BCUT2D eigenvalue weighted by Crippen LogP contribution is -2.10. The highest BCUT2D eigenvalue weighted by Crippen LogP contribution is 2.43. The molecule has 0 N–H and O–H groups in total. The molecule has 0 unspecified atom stereocenters. The number of nitrogens with zero attached hydrogens (tertiary/aromatic N) is 1. The van der Waals surface area contributed by atoms with Gasteiger partial charge in [-0.05, 0) is 116 Å². The maximum absolute atomic E-state index is 2.42. The molecule has 0 saturated carbocycles. The number of benzene rings is 9. The minimum absolute atomic E-state index is 1.10. The molecule has 0 aliphatic heterocycles. The second-order valence-corrected chi connectivity index (χ2v) is 14.9. The summed E-state index contributed by atoms with van der Waals surface area (Å²) in [5, 5.41) is 5.10. The standard InChI is InChI=1S/C52H35NS/c1-3-13-36(14-4-1)42-32-43(37-15-5-2-6-16-37)34-46(33-42)53(45-29-30-52-50(35-45)49-22-9-10-24-51(49)54-52)44-27-25-38(26-28-44)40-19-11-20-41(31-40)48-23-12-18-39-17-7-8-21-47(39)48/h1-35H. The Bertz CT molecular complexity index is 2860. The molecule has 0 bridgehead atoms. The second kappa shape index (κ2) is 13.7. The van der Waals surface area contributed by atoms with Gasteiger partial charge in [-0.25, -0.2) is 0 Å². The molecule has 9 aromatic carbocycles. The van der Waals surface area contributed by atoms with E-state index in [4.69, 9.17) is 0 Å². The normalized spacial score (nSPS) is 11.3. The van der Waals surface area contributed by atoms with E-state index in [0.29, 0.717) is 0 Å². The van der Waals surface area contributed by atoms with Gasteiger partial charge in [-0.15, -0.1) is 11.3 Å². The molecule has 1 heterocycles. The zero-order valence-electron chi connectivity index (χ0n) is 29.6. The summed E-state index contributed by atoms with van der Waals surface area (Å²) in [6, 6.07) is 77.3. The molecule has 0 aliphatic carbocycles. The summed E-state index contributed by atoms with van der Waals surface area (Å²) < 4.78 is 2.60. The van der Waals surface area contributed by atoms with Gasteiger partial charge in [0.25, 0.3) is 0 Å². The van der Waals surface area contributed by atoms with E-state index in [1.807, 2.05) is 11.3 Å². The molecule has 2 heteroatoms. The molecule has 0 amide bonds. The predicted molar refractivity (Wildman–Crippen MR) is 233 cm³/mol. The van der Waals surface area contributed by atoms with Gasteiger partial charge in [0.2, 0.25) is 0 Å². The zero-order chi connectivity index (χ0) is 35.8. The third-order valence-corrected chi connectivity index (χ3v) is 11.6. The van der Waals surface area contributed by atoms with Gasteiger partial charge in [-0.2, -0.15) is 0 Å². The van der Waals surface area contributed by atoms with E-state index in [0.717, 1.165) is 17.1 Å². The summed E-state index contributed by atoms with van der Waals surface area (Å²) in [7, 11) is 0. The molecule has 54 heavy (non-hydrogen) atoms. The van der Waals surface area contributed by atoms with E-state index >= 15 is 0 Å². The van der Waals surface area contributed by atoms with Crippen LogP contribution in [0.3, 0.4) is 0 Å². The van der Waals surface area contributed by atoms with Crippen LogP contribution in [0, 0.1) is 0 Å². The summed E-state index contributed by atoms with van der Waals surface area (Å²) in [4.78, 5) is 2.42. The van der Waals surface area contributed by atoms with E-state index in [1.165, 1.54) is 75.5 Å². The fraction of sp³-hybridized carbons (Fsp3) is 0. The van der Waals surface area contributed by atoms with Crippen LogP contribution in [0.4, 0.5) is 17.1 Å². The smallest absolute Gasteiger partial charge is 0.0473 e. The second-order valence-electron chi connectivity index (χ2n) is 13.8. The third-order valence-electron chi connectivity index (χ3n) is 10.4. The SMILES string of the molecule is c1ccc(-c2cc(-c3ccccc3)cc(N(c3ccc(-c4cccc(-c5cccc6ccccc56)c4)cc3)c3ccc4sc5ccccc5c4c3)c2)cc1. The minimum Gasteiger partial charge on any atom is -0.310 e.